The molecule has 0 heterocycles. The minimum absolute atomic E-state index is 0.0339. The van der Waals surface area contributed by atoms with Gasteiger partial charge in [-0.1, -0.05) is 20.8 Å². The molecular weight excluding hydrogens is 316 g/mol. The normalized spacial score (nSPS) is 14.0. The maximum Gasteiger partial charge on any atom is 0.333 e. The smallest absolute Gasteiger partial charge is 0.333 e. The summed E-state index contributed by atoms with van der Waals surface area (Å²) in [5.41, 5.74) is -0.492. The van der Waals surface area contributed by atoms with E-state index >= 15 is 0 Å². The highest BCUT2D eigenvalue weighted by molar-refractivity contribution is 7.85. The molecule has 1 atom stereocenters. The Morgan fingerprint density at radius 3 is 1.86 bits per heavy atom. The fraction of sp³-hybridized carbons (Fsp3) is 0.923. The van der Waals surface area contributed by atoms with Gasteiger partial charge in [0.15, 0.2) is 6.10 Å². The molecule has 0 amide bonds. The lowest BCUT2D eigenvalue weighted by atomic mass is 9.89. The first-order chi connectivity index (χ1) is 10.0. The molecule has 0 aliphatic rings. The first-order valence-corrected chi connectivity index (χ1v) is 8.70. The lowest BCUT2D eigenvalue weighted by Gasteiger charge is -2.26. The predicted octanol–water partition coefficient (Wildman–Crippen LogP) is 0.512. The third kappa shape index (κ3) is 11.9. The third-order valence-electron chi connectivity index (χ3n) is 2.42. The number of carboxylic acids is 1. The number of rotatable bonds is 12. The highest BCUT2D eigenvalue weighted by Gasteiger charge is 2.31. The monoisotopic (exact) mass is 342 g/mol. The summed E-state index contributed by atoms with van der Waals surface area (Å²) in [6.45, 7) is 6.50. The molecule has 0 rings (SSSR count). The van der Waals surface area contributed by atoms with Crippen LogP contribution < -0.4 is 0 Å². The molecule has 0 radical (unpaired) electrons. The molecule has 0 aromatic heterocycles. The quantitative estimate of drug-likeness (QED) is 0.404. The molecule has 0 aliphatic heterocycles. The molecule has 0 bridgehead atoms. The molecule has 0 aliphatic carbocycles. The Labute approximate surface area is 131 Å². The standard InChI is InChI=1S/C13H26O8S/c1-13(2,3)11(12(14)15)20-9-7-18-5-6-19-8-10-21-22(4,16)17/h11H,5-10H2,1-4H3,(H,14,15). The lowest BCUT2D eigenvalue weighted by Crippen LogP contribution is -2.37. The highest BCUT2D eigenvalue weighted by Crippen LogP contribution is 2.22. The Morgan fingerprint density at radius 1 is 1.00 bits per heavy atom. The topological polar surface area (TPSA) is 108 Å². The van der Waals surface area contributed by atoms with Gasteiger partial charge in [-0.05, 0) is 5.41 Å². The molecule has 22 heavy (non-hydrogen) atoms. The summed E-state index contributed by atoms with van der Waals surface area (Å²) in [5, 5.41) is 9.05. The fourth-order valence-corrected chi connectivity index (χ4v) is 1.85. The first kappa shape index (κ1) is 21.3. The van der Waals surface area contributed by atoms with Crippen LogP contribution >= 0.6 is 0 Å². The van der Waals surface area contributed by atoms with E-state index in [1.807, 2.05) is 0 Å². The zero-order chi connectivity index (χ0) is 17.2. The van der Waals surface area contributed by atoms with Crippen LogP contribution in [0, 0.1) is 5.41 Å². The van der Waals surface area contributed by atoms with Crippen LogP contribution in [-0.4, -0.2) is 71.5 Å². The van der Waals surface area contributed by atoms with E-state index in [4.69, 9.17) is 19.3 Å². The van der Waals surface area contributed by atoms with E-state index in [9.17, 15) is 13.2 Å². The second kappa shape index (κ2) is 10.1. The molecule has 9 heteroatoms. The van der Waals surface area contributed by atoms with Crippen molar-refractivity contribution in [2.24, 2.45) is 5.41 Å². The summed E-state index contributed by atoms with van der Waals surface area (Å²) < 4.78 is 41.4. The summed E-state index contributed by atoms with van der Waals surface area (Å²) in [6, 6.07) is 0. The number of carboxylic acid groups (broad SMARTS) is 1. The minimum atomic E-state index is -3.43. The van der Waals surface area contributed by atoms with Crippen molar-refractivity contribution >= 4 is 16.1 Å². The maximum absolute atomic E-state index is 11.0. The summed E-state index contributed by atoms with van der Waals surface area (Å²) in [4.78, 5) is 11.0. The average molecular weight is 342 g/mol. The zero-order valence-corrected chi connectivity index (χ0v) is 14.3. The van der Waals surface area contributed by atoms with Gasteiger partial charge in [-0.25, -0.2) is 4.79 Å². The number of aliphatic carboxylic acids is 1. The van der Waals surface area contributed by atoms with E-state index in [1.165, 1.54) is 0 Å². The molecule has 1 N–H and O–H groups in total. The van der Waals surface area contributed by atoms with Gasteiger partial charge in [0.2, 0.25) is 0 Å². The van der Waals surface area contributed by atoms with E-state index in [2.05, 4.69) is 4.18 Å². The van der Waals surface area contributed by atoms with Gasteiger partial charge in [0, 0.05) is 0 Å². The van der Waals surface area contributed by atoms with Gasteiger partial charge in [0.1, 0.15) is 0 Å². The van der Waals surface area contributed by atoms with Crippen molar-refractivity contribution < 1.29 is 36.7 Å². The molecule has 0 fully saturated rings. The molecule has 0 saturated carbocycles. The van der Waals surface area contributed by atoms with E-state index in [-0.39, 0.29) is 33.0 Å². The van der Waals surface area contributed by atoms with Crippen molar-refractivity contribution in [2.45, 2.75) is 26.9 Å². The van der Waals surface area contributed by atoms with Crippen LogP contribution in [0.15, 0.2) is 0 Å². The third-order valence-corrected chi connectivity index (χ3v) is 3.01. The van der Waals surface area contributed by atoms with Gasteiger partial charge >= 0.3 is 5.97 Å². The maximum atomic E-state index is 11.0. The van der Waals surface area contributed by atoms with Gasteiger partial charge in [0.05, 0.1) is 45.9 Å². The first-order valence-electron chi connectivity index (χ1n) is 6.88. The van der Waals surface area contributed by atoms with E-state index in [1.54, 1.807) is 20.8 Å². The van der Waals surface area contributed by atoms with Crippen LogP contribution in [0.5, 0.6) is 0 Å². The second-order valence-electron chi connectivity index (χ2n) is 5.71. The van der Waals surface area contributed by atoms with Crippen LogP contribution in [0.4, 0.5) is 0 Å². The highest BCUT2D eigenvalue weighted by atomic mass is 32.2. The van der Waals surface area contributed by atoms with E-state index in [0.717, 1.165) is 6.26 Å². The molecule has 1 unspecified atom stereocenters. The van der Waals surface area contributed by atoms with Crippen LogP contribution in [0.1, 0.15) is 20.8 Å². The van der Waals surface area contributed by atoms with Crippen LogP contribution in [0.2, 0.25) is 0 Å². The number of carbonyl (C=O) groups is 1. The van der Waals surface area contributed by atoms with Crippen LogP contribution in [-0.2, 0) is 33.3 Å². The van der Waals surface area contributed by atoms with Gasteiger partial charge < -0.3 is 19.3 Å². The summed E-state index contributed by atoms with van der Waals surface area (Å²) in [6.07, 6.45) is 0.0819. The largest absolute Gasteiger partial charge is 0.479 e. The lowest BCUT2D eigenvalue weighted by molar-refractivity contribution is -0.159. The van der Waals surface area contributed by atoms with Crippen molar-refractivity contribution in [1.29, 1.82) is 0 Å². The van der Waals surface area contributed by atoms with Gasteiger partial charge in [-0.3, -0.25) is 4.18 Å². The van der Waals surface area contributed by atoms with E-state index in [0.29, 0.717) is 6.61 Å². The molecule has 132 valence electrons. The Kier molecular flexibility index (Phi) is 9.77. The fourth-order valence-electron chi connectivity index (χ4n) is 1.48. The second-order valence-corrected chi connectivity index (χ2v) is 7.35. The minimum Gasteiger partial charge on any atom is -0.479 e. The number of hydrogen-bond donors (Lipinski definition) is 1. The van der Waals surface area contributed by atoms with Crippen molar-refractivity contribution in [3.05, 3.63) is 0 Å². The van der Waals surface area contributed by atoms with Crippen LogP contribution in [0.3, 0.4) is 0 Å². The van der Waals surface area contributed by atoms with Crippen molar-refractivity contribution in [3.63, 3.8) is 0 Å². The Hall–Kier alpha value is -0.740. The SMILES string of the molecule is CC(C)(C)C(OCCOCCOCCOS(C)(=O)=O)C(=O)O. The summed E-state index contributed by atoms with van der Waals surface area (Å²) >= 11 is 0. The zero-order valence-electron chi connectivity index (χ0n) is 13.5. The van der Waals surface area contributed by atoms with Gasteiger partial charge in [0.25, 0.3) is 10.1 Å². The molecule has 0 saturated heterocycles. The van der Waals surface area contributed by atoms with Crippen molar-refractivity contribution in [2.75, 3.05) is 45.9 Å². The molecule has 0 aromatic carbocycles. The summed E-state index contributed by atoms with van der Waals surface area (Å²) in [5.74, 6) is -0.998. The van der Waals surface area contributed by atoms with Crippen molar-refractivity contribution in [1.82, 2.24) is 0 Å². The number of ether oxygens (including phenoxy) is 3. The Bertz CT molecular complexity index is 412. The molecule has 0 spiro atoms. The Balaban J connectivity index is 3.56. The Morgan fingerprint density at radius 2 is 1.45 bits per heavy atom. The van der Waals surface area contributed by atoms with Gasteiger partial charge in [-0.2, -0.15) is 8.42 Å². The predicted molar refractivity (Wildman–Crippen MR) is 79.3 cm³/mol. The summed E-state index contributed by atoms with van der Waals surface area (Å²) in [7, 11) is -3.43. The van der Waals surface area contributed by atoms with E-state index < -0.39 is 27.6 Å². The molecule has 0 aromatic rings. The van der Waals surface area contributed by atoms with Crippen LogP contribution in [0.25, 0.3) is 0 Å². The number of hydrogen-bond acceptors (Lipinski definition) is 7. The average Bonchev–Trinajstić information content (AvgIpc) is 2.32. The molecule has 8 nitrogen and oxygen atoms in total. The van der Waals surface area contributed by atoms with Crippen molar-refractivity contribution in [3.8, 4) is 0 Å². The van der Waals surface area contributed by atoms with Gasteiger partial charge in [-0.15, -0.1) is 0 Å². The molecular formula is C13H26O8S.